The van der Waals surface area contributed by atoms with E-state index in [2.05, 4.69) is 5.32 Å². The number of amides is 2. The van der Waals surface area contributed by atoms with Gasteiger partial charge in [-0.1, -0.05) is 12.1 Å². The van der Waals surface area contributed by atoms with Crippen molar-refractivity contribution in [1.29, 1.82) is 0 Å². The number of benzene rings is 1. The Morgan fingerprint density at radius 3 is 2.48 bits per heavy atom. The molecule has 0 aromatic heterocycles. The topological polar surface area (TPSA) is 84.9 Å². The third-order valence-corrected chi connectivity index (χ3v) is 7.45. The lowest BCUT2D eigenvalue weighted by Crippen LogP contribution is -2.61. The molecule has 4 saturated carbocycles. The number of esters is 1. The predicted molar refractivity (Wildman–Crippen MR) is 114 cm³/mol. The molecule has 2 amide bonds. The molecule has 7 nitrogen and oxygen atoms in total. The zero-order chi connectivity index (χ0) is 21.6. The van der Waals surface area contributed by atoms with E-state index in [1.54, 1.807) is 24.0 Å². The average molecular weight is 427 g/mol. The van der Waals surface area contributed by atoms with Crippen molar-refractivity contribution in [3.8, 4) is 5.75 Å². The maximum absolute atomic E-state index is 12.8. The molecule has 4 bridgehead atoms. The van der Waals surface area contributed by atoms with Gasteiger partial charge in [0.1, 0.15) is 5.75 Å². The minimum absolute atomic E-state index is 0.0229. The Bertz CT molecular complexity index is 862. The highest BCUT2D eigenvalue weighted by molar-refractivity contribution is 5.98. The van der Waals surface area contributed by atoms with Crippen LogP contribution in [0.1, 0.15) is 51.9 Å². The first-order chi connectivity index (χ1) is 14.9. The van der Waals surface area contributed by atoms with Gasteiger partial charge in [-0.25, -0.2) is 0 Å². The number of nitrogens with one attached hydrogen (secondary N) is 1. The number of hydrogen-bond acceptors (Lipinski definition) is 5. The van der Waals surface area contributed by atoms with Gasteiger partial charge in [-0.3, -0.25) is 14.4 Å². The van der Waals surface area contributed by atoms with E-state index < -0.39 is 12.1 Å². The molecule has 5 aliphatic rings. The van der Waals surface area contributed by atoms with Crippen LogP contribution in [0.4, 0.5) is 5.69 Å². The quantitative estimate of drug-likeness (QED) is 0.707. The van der Waals surface area contributed by atoms with Gasteiger partial charge in [-0.2, -0.15) is 0 Å². The molecule has 4 aliphatic carbocycles. The summed E-state index contributed by atoms with van der Waals surface area (Å²) in [5.41, 5.74) is 0.551. The van der Waals surface area contributed by atoms with Gasteiger partial charge in [0.15, 0.2) is 12.7 Å². The molecule has 0 unspecified atom stereocenters. The third-order valence-electron chi connectivity index (χ3n) is 7.45. The van der Waals surface area contributed by atoms with E-state index in [9.17, 15) is 14.4 Å². The monoisotopic (exact) mass is 426 g/mol. The molecule has 1 aromatic rings. The average Bonchev–Trinajstić information content (AvgIpc) is 2.71. The largest absolute Gasteiger partial charge is 0.482 e. The molecule has 0 saturated heterocycles. The summed E-state index contributed by atoms with van der Waals surface area (Å²) in [7, 11) is 0. The fourth-order valence-electron chi connectivity index (χ4n) is 6.54. The standard InChI is InChI=1S/C24H30N2O5/c1-15(23(29)25-24-11-16-8-17(12-24)10-18(9-16)13-24)31-22(28)6-7-26-19-4-2-3-5-20(19)30-14-21(26)27/h2-5,15-18H,6-14H2,1H3,(H,25,29)/t15-,16?,17?,18?,24?/m1/s1. The number of anilines is 1. The second-order valence-electron chi connectivity index (χ2n) is 9.87. The smallest absolute Gasteiger partial charge is 0.308 e. The third kappa shape index (κ3) is 4.02. The van der Waals surface area contributed by atoms with E-state index in [0.717, 1.165) is 37.0 Å². The first kappa shape index (κ1) is 20.3. The zero-order valence-electron chi connectivity index (χ0n) is 18.0. The van der Waals surface area contributed by atoms with Crippen molar-refractivity contribution in [2.24, 2.45) is 17.8 Å². The molecule has 6 rings (SSSR count). The summed E-state index contributed by atoms with van der Waals surface area (Å²) >= 11 is 0. The van der Waals surface area contributed by atoms with Gasteiger partial charge < -0.3 is 19.7 Å². The number of para-hydroxylation sites is 2. The van der Waals surface area contributed by atoms with Crippen LogP contribution in [0, 0.1) is 17.8 Å². The Labute approximate surface area is 182 Å². The molecule has 4 fully saturated rings. The van der Waals surface area contributed by atoms with Crippen molar-refractivity contribution < 1.29 is 23.9 Å². The highest BCUT2D eigenvalue weighted by atomic mass is 16.5. The molecule has 7 heteroatoms. The van der Waals surface area contributed by atoms with Crippen molar-refractivity contribution in [1.82, 2.24) is 5.32 Å². The fraction of sp³-hybridized carbons (Fsp3) is 0.625. The highest BCUT2D eigenvalue weighted by Gasteiger charge is 2.51. The molecular formula is C24H30N2O5. The number of rotatable bonds is 6. The lowest BCUT2D eigenvalue weighted by atomic mass is 9.53. The maximum atomic E-state index is 12.8. The molecule has 1 N–H and O–H groups in total. The second-order valence-corrected chi connectivity index (χ2v) is 9.87. The first-order valence-corrected chi connectivity index (χ1v) is 11.4. The summed E-state index contributed by atoms with van der Waals surface area (Å²) < 4.78 is 10.8. The molecule has 31 heavy (non-hydrogen) atoms. The van der Waals surface area contributed by atoms with Gasteiger partial charge in [-0.05, 0) is 75.3 Å². The Morgan fingerprint density at radius 1 is 1.16 bits per heavy atom. The van der Waals surface area contributed by atoms with Gasteiger partial charge >= 0.3 is 5.97 Å². The number of carbonyl (C=O) groups excluding carboxylic acids is 3. The molecule has 0 radical (unpaired) electrons. The minimum Gasteiger partial charge on any atom is -0.482 e. The van der Waals surface area contributed by atoms with Crippen LogP contribution >= 0.6 is 0 Å². The van der Waals surface area contributed by atoms with Crippen LogP contribution < -0.4 is 15.0 Å². The molecule has 1 heterocycles. The Morgan fingerprint density at radius 2 is 1.81 bits per heavy atom. The van der Waals surface area contributed by atoms with Crippen LogP contribution in [0.15, 0.2) is 24.3 Å². The van der Waals surface area contributed by atoms with Crippen LogP contribution in [0.2, 0.25) is 0 Å². The first-order valence-electron chi connectivity index (χ1n) is 11.4. The van der Waals surface area contributed by atoms with E-state index in [0.29, 0.717) is 11.4 Å². The Kier molecular flexibility index (Phi) is 5.15. The zero-order valence-corrected chi connectivity index (χ0v) is 18.0. The summed E-state index contributed by atoms with van der Waals surface area (Å²) in [6.45, 7) is 1.78. The summed E-state index contributed by atoms with van der Waals surface area (Å²) in [4.78, 5) is 39.0. The van der Waals surface area contributed by atoms with Crippen molar-refractivity contribution in [2.75, 3.05) is 18.1 Å². The highest BCUT2D eigenvalue weighted by Crippen LogP contribution is 2.55. The molecular weight excluding hydrogens is 396 g/mol. The molecule has 1 atom stereocenters. The summed E-state index contributed by atoms with van der Waals surface area (Å²) in [5.74, 6) is 1.95. The molecule has 1 aromatic carbocycles. The molecule has 0 spiro atoms. The van der Waals surface area contributed by atoms with E-state index in [4.69, 9.17) is 9.47 Å². The van der Waals surface area contributed by atoms with Gasteiger partial charge in [-0.15, -0.1) is 0 Å². The van der Waals surface area contributed by atoms with Crippen molar-refractivity contribution in [3.63, 3.8) is 0 Å². The number of ether oxygens (including phenoxy) is 2. The van der Waals surface area contributed by atoms with Gasteiger partial charge in [0.2, 0.25) is 0 Å². The lowest BCUT2D eigenvalue weighted by Gasteiger charge is -2.57. The Balaban J connectivity index is 1.14. The van der Waals surface area contributed by atoms with E-state index in [1.807, 2.05) is 12.1 Å². The number of hydrogen-bond donors (Lipinski definition) is 1. The normalized spacial score (nSPS) is 31.6. The second kappa shape index (κ2) is 7.84. The van der Waals surface area contributed by atoms with Gasteiger partial charge in [0.05, 0.1) is 12.1 Å². The number of nitrogens with zero attached hydrogens (tertiary/aromatic N) is 1. The SMILES string of the molecule is C[C@@H](OC(=O)CCN1C(=O)COc2ccccc21)C(=O)NC12CC3CC(CC(C3)C1)C2. The summed E-state index contributed by atoms with van der Waals surface area (Å²) in [5, 5.41) is 3.26. The van der Waals surface area contributed by atoms with Crippen molar-refractivity contribution in [2.45, 2.75) is 63.5 Å². The van der Waals surface area contributed by atoms with E-state index in [-0.39, 0.29) is 36.9 Å². The predicted octanol–water partition coefficient (Wildman–Crippen LogP) is 2.82. The fourth-order valence-corrected chi connectivity index (χ4v) is 6.54. The van der Waals surface area contributed by atoms with Crippen molar-refractivity contribution >= 4 is 23.5 Å². The van der Waals surface area contributed by atoms with Crippen LogP contribution in [0.25, 0.3) is 0 Å². The van der Waals surface area contributed by atoms with Crippen molar-refractivity contribution in [3.05, 3.63) is 24.3 Å². The van der Waals surface area contributed by atoms with Gasteiger partial charge in [0, 0.05) is 12.1 Å². The maximum Gasteiger partial charge on any atom is 0.308 e. The van der Waals surface area contributed by atoms with Crippen LogP contribution in [-0.4, -0.2) is 42.6 Å². The minimum atomic E-state index is -0.840. The number of fused-ring (bicyclic) bond motifs is 1. The van der Waals surface area contributed by atoms with Crippen LogP contribution in [0.3, 0.4) is 0 Å². The van der Waals surface area contributed by atoms with Gasteiger partial charge in [0.25, 0.3) is 11.8 Å². The molecule has 166 valence electrons. The van der Waals surface area contributed by atoms with Crippen LogP contribution in [0.5, 0.6) is 5.75 Å². The number of carbonyl (C=O) groups is 3. The van der Waals surface area contributed by atoms with E-state index >= 15 is 0 Å². The summed E-state index contributed by atoms with van der Waals surface area (Å²) in [6.07, 6.45) is 6.29. The molecule has 1 aliphatic heterocycles. The Hall–Kier alpha value is -2.57. The summed E-state index contributed by atoms with van der Waals surface area (Å²) in [6, 6.07) is 7.25. The van der Waals surface area contributed by atoms with E-state index in [1.165, 1.54) is 19.3 Å². The lowest BCUT2D eigenvalue weighted by molar-refractivity contribution is -0.156. The van der Waals surface area contributed by atoms with Crippen LogP contribution in [-0.2, 0) is 19.1 Å².